The SMILES string of the molecule is Cc1cccc(C(=O)O)c1NC1CCCC(C)C1C. The molecular weight excluding hydrogens is 238 g/mol. The molecule has 3 nitrogen and oxygen atoms in total. The Morgan fingerprint density at radius 3 is 2.74 bits per heavy atom. The monoisotopic (exact) mass is 261 g/mol. The number of carboxylic acid groups (broad SMARTS) is 1. The van der Waals surface area contributed by atoms with Crippen LogP contribution in [-0.2, 0) is 0 Å². The van der Waals surface area contributed by atoms with Gasteiger partial charge in [0.05, 0.1) is 11.3 Å². The second-order valence-corrected chi connectivity index (χ2v) is 5.82. The number of hydrogen-bond donors (Lipinski definition) is 2. The average Bonchev–Trinajstić information content (AvgIpc) is 2.36. The van der Waals surface area contributed by atoms with Gasteiger partial charge in [-0.2, -0.15) is 0 Å². The molecule has 0 aromatic heterocycles. The minimum absolute atomic E-state index is 0.378. The number of aromatic carboxylic acids is 1. The first-order chi connectivity index (χ1) is 9.00. The lowest BCUT2D eigenvalue weighted by Gasteiger charge is -2.36. The van der Waals surface area contributed by atoms with Crippen molar-refractivity contribution in [1.29, 1.82) is 0 Å². The van der Waals surface area contributed by atoms with Crippen LogP contribution in [0.15, 0.2) is 18.2 Å². The quantitative estimate of drug-likeness (QED) is 0.866. The molecule has 19 heavy (non-hydrogen) atoms. The van der Waals surface area contributed by atoms with Crippen LogP contribution in [0.1, 0.15) is 49.0 Å². The Morgan fingerprint density at radius 2 is 2.05 bits per heavy atom. The van der Waals surface area contributed by atoms with Crippen LogP contribution >= 0.6 is 0 Å². The van der Waals surface area contributed by atoms with Crippen molar-refractivity contribution in [3.8, 4) is 0 Å². The molecule has 1 aromatic carbocycles. The van der Waals surface area contributed by atoms with Gasteiger partial charge >= 0.3 is 5.97 Å². The Labute approximate surface area is 115 Å². The molecule has 0 radical (unpaired) electrons. The molecule has 0 saturated heterocycles. The van der Waals surface area contributed by atoms with E-state index in [1.54, 1.807) is 12.1 Å². The fourth-order valence-electron chi connectivity index (χ4n) is 3.01. The van der Waals surface area contributed by atoms with Gasteiger partial charge in [-0.1, -0.05) is 38.8 Å². The van der Waals surface area contributed by atoms with Gasteiger partial charge in [0.1, 0.15) is 0 Å². The molecule has 2 rings (SSSR count). The second-order valence-electron chi connectivity index (χ2n) is 5.82. The molecule has 3 heteroatoms. The summed E-state index contributed by atoms with van der Waals surface area (Å²) in [6, 6.07) is 5.82. The predicted molar refractivity (Wildman–Crippen MR) is 77.7 cm³/mol. The number of para-hydroxylation sites is 1. The molecule has 0 heterocycles. The first-order valence-electron chi connectivity index (χ1n) is 7.10. The molecule has 0 amide bonds. The summed E-state index contributed by atoms with van der Waals surface area (Å²) in [5.74, 6) is 0.418. The zero-order valence-electron chi connectivity index (χ0n) is 11.9. The van der Waals surface area contributed by atoms with Crippen molar-refractivity contribution >= 4 is 11.7 Å². The Morgan fingerprint density at radius 1 is 1.32 bits per heavy atom. The third-order valence-electron chi connectivity index (χ3n) is 4.54. The van der Waals surface area contributed by atoms with Gasteiger partial charge in [-0.25, -0.2) is 4.79 Å². The van der Waals surface area contributed by atoms with Crippen molar-refractivity contribution in [2.24, 2.45) is 11.8 Å². The topological polar surface area (TPSA) is 49.3 Å². The molecule has 1 aliphatic rings. The molecule has 104 valence electrons. The maximum atomic E-state index is 11.3. The molecule has 0 bridgehead atoms. The number of anilines is 1. The molecular formula is C16H23NO2. The van der Waals surface area contributed by atoms with E-state index in [2.05, 4.69) is 19.2 Å². The summed E-state index contributed by atoms with van der Waals surface area (Å²) in [5.41, 5.74) is 2.18. The summed E-state index contributed by atoms with van der Waals surface area (Å²) in [4.78, 5) is 11.3. The summed E-state index contributed by atoms with van der Waals surface area (Å²) in [6.07, 6.45) is 3.62. The number of benzene rings is 1. The summed E-state index contributed by atoms with van der Waals surface area (Å²) >= 11 is 0. The Bertz CT molecular complexity index is 470. The van der Waals surface area contributed by atoms with E-state index >= 15 is 0 Å². The van der Waals surface area contributed by atoms with Gasteiger partial charge in [0.25, 0.3) is 0 Å². The van der Waals surface area contributed by atoms with Gasteiger partial charge in [0.15, 0.2) is 0 Å². The van der Waals surface area contributed by atoms with Crippen LogP contribution in [0.5, 0.6) is 0 Å². The Kier molecular flexibility index (Phi) is 4.13. The molecule has 2 N–H and O–H groups in total. The summed E-state index contributed by atoms with van der Waals surface area (Å²) in [5, 5.41) is 12.8. The minimum atomic E-state index is -0.859. The maximum absolute atomic E-state index is 11.3. The third kappa shape index (κ3) is 2.91. The molecule has 1 aliphatic carbocycles. The van der Waals surface area contributed by atoms with E-state index in [9.17, 15) is 9.90 Å². The number of hydrogen-bond acceptors (Lipinski definition) is 2. The molecule has 1 saturated carbocycles. The molecule has 3 unspecified atom stereocenters. The highest BCUT2D eigenvalue weighted by molar-refractivity contribution is 5.95. The van der Waals surface area contributed by atoms with E-state index in [4.69, 9.17) is 0 Å². The standard InChI is InChI=1S/C16H23NO2/c1-10-6-5-9-14(12(10)3)17-15-11(2)7-4-8-13(15)16(18)19/h4,7-8,10,12,14,17H,5-6,9H2,1-3H3,(H,18,19). The molecule has 0 spiro atoms. The number of aryl methyl sites for hydroxylation is 1. The lowest BCUT2D eigenvalue weighted by atomic mass is 9.78. The Balaban J connectivity index is 2.25. The summed E-state index contributed by atoms with van der Waals surface area (Å²) in [7, 11) is 0. The van der Waals surface area contributed by atoms with Crippen molar-refractivity contribution in [3.05, 3.63) is 29.3 Å². The van der Waals surface area contributed by atoms with Gasteiger partial charge < -0.3 is 10.4 Å². The van der Waals surface area contributed by atoms with E-state index in [1.807, 2.05) is 13.0 Å². The lowest BCUT2D eigenvalue weighted by Crippen LogP contribution is -2.35. The van der Waals surface area contributed by atoms with Crippen LogP contribution in [0.25, 0.3) is 0 Å². The van der Waals surface area contributed by atoms with Crippen LogP contribution in [0.3, 0.4) is 0 Å². The van der Waals surface area contributed by atoms with Crippen molar-refractivity contribution < 1.29 is 9.90 Å². The van der Waals surface area contributed by atoms with Crippen molar-refractivity contribution in [2.45, 2.75) is 46.1 Å². The van der Waals surface area contributed by atoms with Gasteiger partial charge in [-0.3, -0.25) is 0 Å². The second kappa shape index (κ2) is 5.64. The van der Waals surface area contributed by atoms with Gasteiger partial charge in [-0.05, 0) is 36.8 Å². The van der Waals surface area contributed by atoms with Crippen LogP contribution in [0.2, 0.25) is 0 Å². The van der Waals surface area contributed by atoms with Crippen LogP contribution in [-0.4, -0.2) is 17.1 Å². The van der Waals surface area contributed by atoms with Crippen LogP contribution < -0.4 is 5.32 Å². The minimum Gasteiger partial charge on any atom is -0.478 e. The first-order valence-corrected chi connectivity index (χ1v) is 7.10. The van der Waals surface area contributed by atoms with E-state index in [-0.39, 0.29) is 0 Å². The highest BCUT2D eigenvalue weighted by Gasteiger charge is 2.28. The predicted octanol–water partition coefficient (Wildman–Crippen LogP) is 3.93. The molecule has 1 aromatic rings. The zero-order valence-corrected chi connectivity index (χ0v) is 11.9. The van der Waals surface area contributed by atoms with Crippen LogP contribution in [0.4, 0.5) is 5.69 Å². The number of carboxylic acids is 1. The fraction of sp³-hybridized carbons (Fsp3) is 0.562. The van der Waals surface area contributed by atoms with Crippen LogP contribution in [0, 0.1) is 18.8 Å². The number of nitrogens with one attached hydrogen (secondary N) is 1. The smallest absolute Gasteiger partial charge is 0.337 e. The van der Waals surface area contributed by atoms with Crippen molar-refractivity contribution in [1.82, 2.24) is 0 Å². The van der Waals surface area contributed by atoms with E-state index in [0.29, 0.717) is 23.4 Å². The maximum Gasteiger partial charge on any atom is 0.337 e. The molecule has 0 aliphatic heterocycles. The summed E-state index contributed by atoms with van der Waals surface area (Å²) < 4.78 is 0. The number of rotatable bonds is 3. The number of carbonyl (C=O) groups is 1. The third-order valence-corrected chi connectivity index (χ3v) is 4.54. The zero-order chi connectivity index (χ0) is 14.0. The fourth-order valence-corrected chi connectivity index (χ4v) is 3.01. The van der Waals surface area contributed by atoms with Gasteiger partial charge in [0.2, 0.25) is 0 Å². The lowest BCUT2D eigenvalue weighted by molar-refractivity contribution is 0.0697. The summed E-state index contributed by atoms with van der Waals surface area (Å²) in [6.45, 7) is 6.51. The van der Waals surface area contributed by atoms with E-state index in [1.165, 1.54) is 12.8 Å². The average molecular weight is 261 g/mol. The van der Waals surface area contributed by atoms with Gasteiger partial charge in [-0.15, -0.1) is 0 Å². The van der Waals surface area contributed by atoms with Gasteiger partial charge in [0, 0.05) is 6.04 Å². The Hall–Kier alpha value is -1.51. The molecule has 3 atom stereocenters. The normalized spacial score (nSPS) is 27.0. The highest BCUT2D eigenvalue weighted by Crippen LogP contribution is 2.33. The highest BCUT2D eigenvalue weighted by atomic mass is 16.4. The van der Waals surface area contributed by atoms with E-state index in [0.717, 1.165) is 17.7 Å². The largest absolute Gasteiger partial charge is 0.478 e. The molecule has 1 fully saturated rings. The van der Waals surface area contributed by atoms with Crippen molar-refractivity contribution in [3.63, 3.8) is 0 Å². The van der Waals surface area contributed by atoms with Crippen molar-refractivity contribution in [2.75, 3.05) is 5.32 Å². The van der Waals surface area contributed by atoms with E-state index < -0.39 is 5.97 Å². The first kappa shape index (κ1) is 13.9.